The Balaban J connectivity index is 1.70. The van der Waals surface area contributed by atoms with Gasteiger partial charge in [0, 0.05) is 44.9 Å². The van der Waals surface area contributed by atoms with Gasteiger partial charge in [0.25, 0.3) is 5.91 Å². The Bertz CT molecular complexity index is 636. The molecule has 2 aliphatic rings. The zero-order chi connectivity index (χ0) is 18.0. The van der Waals surface area contributed by atoms with Crippen molar-refractivity contribution < 1.29 is 14.3 Å². The normalized spacial score (nSPS) is 22.7. The summed E-state index contributed by atoms with van der Waals surface area (Å²) >= 11 is 0. The third-order valence-corrected chi connectivity index (χ3v) is 5.75. The number of piperidine rings is 1. The lowest BCUT2D eigenvalue weighted by atomic mass is 9.71. The van der Waals surface area contributed by atoms with Crippen LogP contribution in [0.2, 0.25) is 0 Å². The van der Waals surface area contributed by atoms with E-state index in [0.29, 0.717) is 25.4 Å². The number of likely N-dealkylation sites (tertiary alicyclic amines) is 2. The third kappa shape index (κ3) is 3.27. The number of hydrogen-bond acceptors (Lipinski definition) is 4. The van der Waals surface area contributed by atoms with Crippen molar-refractivity contribution in [1.82, 2.24) is 14.8 Å². The molecular weight excluding hydrogens is 318 g/mol. The molecule has 1 atom stereocenters. The summed E-state index contributed by atoms with van der Waals surface area (Å²) in [6.45, 7) is 7.28. The predicted octanol–water partition coefficient (Wildman–Crippen LogP) is 1.74. The van der Waals surface area contributed by atoms with E-state index in [0.717, 1.165) is 31.5 Å². The number of carbonyl (C=O) groups is 2. The Morgan fingerprint density at radius 3 is 2.64 bits per heavy atom. The number of rotatable bonds is 4. The predicted molar refractivity (Wildman–Crippen MR) is 94.2 cm³/mol. The lowest BCUT2D eigenvalue weighted by Crippen LogP contribution is -2.47. The smallest absolute Gasteiger partial charge is 0.272 e. The maximum absolute atomic E-state index is 12.7. The minimum Gasteiger partial charge on any atom is -0.384 e. The number of pyridine rings is 1. The number of carbonyl (C=O) groups excluding carboxylic acids is 2. The fraction of sp³-hybridized carbons (Fsp3) is 0.632. The second-order valence-corrected chi connectivity index (χ2v) is 7.24. The Labute approximate surface area is 149 Å². The number of hydrogen-bond donors (Lipinski definition) is 0. The zero-order valence-electron chi connectivity index (χ0n) is 15.3. The first kappa shape index (κ1) is 17.9. The SMILES string of the molecule is CCN1CC2(CCN(C(=O)c3ccc(C)cn3)CC2)[C@H](COC)C1=O. The van der Waals surface area contributed by atoms with Crippen molar-refractivity contribution >= 4 is 11.8 Å². The lowest BCUT2D eigenvalue weighted by molar-refractivity contribution is -0.133. The summed E-state index contributed by atoms with van der Waals surface area (Å²) in [5, 5.41) is 0. The van der Waals surface area contributed by atoms with Gasteiger partial charge in [-0.2, -0.15) is 0 Å². The molecule has 0 saturated carbocycles. The standard InChI is InChI=1S/C19H27N3O3/c1-4-21-13-19(15(12-25-3)17(21)23)7-9-22(10-8-19)18(24)16-6-5-14(2)11-20-16/h5-6,11,15H,4,7-10,12-13H2,1-3H3/t15-/m1/s1. The summed E-state index contributed by atoms with van der Waals surface area (Å²) in [6, 6.07) is 3.70. The summed E-state index contributed by atoms with van der Waals surface area (Å²) in [5.74, 6) is 0.0892. The Hall–Kier alpha value is -1.95. The molecule has 0 N–H and O–H groups in total. The molecule has 3 rings (SSSR count). The van der Waals surface area contributed by atoms with Crippen LogP contribution in [0.5, 0.6) is 0 Å². The fourth-order valence-electron chi connectivity index (χ4n) is 4.15. The van der Waals surface area contributed by atoms with Gasteiger partial charge < -0.3 is 14.5 Å². The van der Waals surface area contributed by atoms with Gasteiger partial charge in [-0.3, -0.25) is 14.6 Å². The average Bonchev–Trinajstić information content (AvgIpc) is 2.88. The van der Waals surface area contributed by atoms with E-state index in [1.54, 1.807) is 19.4 Å². The van der Waals surface area contributed by atoms with E-state index in [9.17, 15) is 9.59 Å². The maximum Gasteiger partial charge on any atom is 0.272 e. The van der Waals surface area contributed by atoms with Gasteiger partial charge in [-0.15, -0.1) is 0 Å². The van der Waals surface area contributed by atoms with Gasteiger partial charge >= 0.3 is 0 Å². The van der Waals surface area contributed by atoms with Crippen LogP contribution in [0.3, 0.4) is 0 Å². The summed E-state index contributed by atoms with van der Waals surface area (Å²) in [5.41, 5.74) is 1.47. The number of nitrogens with zero attached hydrogens (tertiary/aromatic N) is 3. The van der Waals surface area contributed by atoms with E-state index < -0.39 is 0 Å². The van der Waals surface area contributed by atoms with Gasteiger partial charge in [-0.1, -0.05) is 6.07 Å². The molecule has 6 nitrogen and oxygen atoms in total. The van der Waals surface area contributed by atoms with E-state index in [1.165, 1.54) is 0 Å². The van der Waals surface area contributed by atoms with Gasteiger partial charge in [0.05, 0.1) is 12.5 Å². The van der Waals surface area contributed by atoms with Crippen molar-refractivity contribution in [1.29, 1.82) is 0 Å². The maximum atomic E-state index is 12.7. The van der Waals surface area contributed by atoms with Crippen molar-refractivity contribution in [2.45, 2.75) is 26.7 Å². The van der Waals surface area contributed by atoms with Crippen molar-refractivity contribution in [3.63, 3.8) is 0 Å². The van der Waals surface area contributed by atoms with Gasteiger partial charge in [0.15, 0.2) is 0 Å². The van der Waals surface area contributed by atoms with E-state index in [4.69, 9.17) is 4.74 Å². The Morgan fingerprint density at radius 2 is 2.08 bits per heavy atom. The minimum atomic E-state index is -0.0906. The van der Waals surface area contributed by atoms with Crippen LogP contribution in [0.1, 0.15) is 35.8 Å². The van der Waals surface area contributed by atoms with Crippen LogP contribution in [-0.2, 0) is 9.53 Å². The second-order valence-electron chi connectivity index (χ2n) is 7.24. The van der Waals surface area contributed by atoms with Crippen LogP contribution in [0.15, 0.2) is 18.3 Å². The zero-order valence-corrected chi connectivity index (χ0v) is 15.3. The molecule has 0 radical (unpaired) electrons. The molecule has 2 amide bonds. The van der Waals surface area contributed by atoms with E-state index in [1.807, 2.05) is 29.7 Å². The molecule has 3 heterocycles. The van der Waals surface area contributed by atoms with Crippen molar-refractivity contribution in [2.75, 3.05) is 39.9 Å². The molecule has 25 heavy (non-hydrogen) atoms. The molecule has 2 saturated heterocycles. The molecule has 0 aliphatic carbocycles. The van der Waals surface area contributed by atoms with Crippen LogP contribution in [0.4, 0.5) is 0 Å². The largest absolute Gasteiger partial charge is 0.384 e. The monoisotopic (exact) mass is 345 g/mol. The highest BCUT2D eigenvalue weighted by molar-refractivity contribution is 5.92. The van der Waals surface area contributed by atoms with Gasteiger partial charge in [0.2, 0.25) is 5.91 Å². The van der Waals surface area contributed by atoms with Crippen LogP contribution < -0.4 is 0 Å². The van der Waals surface area contributed by atoms with Crippen molar-refractivity contribution in [3.05, 3.63) is 29.6 Å². The van der Waals surface area contributed by atoms with Crippen molar-refractivity contribution in [2.24, 2.45) is 11.3 Å². The number of methoxy groups -OCH3 is 1. The molecule has 2 aliphatic heterocycles. The van der Waals surface area contributed by atoms with E-state index in [-0.39, 0.29) is 23.1 Å². The molecular formula is C19H27N3O3. The van der Waals surface area contributed by atoms with E-state index >= 15 is 0 Å². The highest BCUT2D eigenvalue weighted by Gasteiger charge is 2.52. The lowest BCUT2D eigenvalue weighted by Gasteiger charge is -2.41. The van der Waals surface area contributed by atoms with Gasteiger partial charge in [-0.05, 0) is 38.3 Å². The molecule has 2 fully saturated rings. The molecule has 1 aromatic heterocycles. The minimum absolute atomic E-state index is 0.0187. The average molecular weight is 345 g/mol. The molecule has 6 heteroatoms. The molecule has 136 valence electrons. The first-order valence-corrected chi connectivity index (χ1v) is 9.00. The first-order chi connectivity index (χ1) is 12.0. The molecule has 1 aromatic rings. The van der Waals surface area contributed by atoms with Gasteiger partial charge in [0.1, 0.15) is 5.69 Å². The third-order valence-electron chi connectivity index (χ3n) is 5.75. The number of aryl methyl sites for hydroxylation is 1. The number of ether oxygens (including phenoxy) is 1. The molecule has 0 aromatic carbocycles. The summed E-state index contributed by atoms with van der Waals surface area (Å²) in [4.78, 5) is 33.3. The second kappa shape index (κ2) is 7.12. The molecule has 1 spiro atoms. The Morgan fingerprint density at radius 1 is 1.36 bits per heavy atom. The first-order valence-electron chi connectivity index (χ1n) is 9.00. The van der Waals surface area contributed by atoms with Crippen LogP contribution in [0, 0.1) is 18.3 Å². The molecule has 0 bridgehead atoms. The van der Waals surface area contributed by atoms with Crippen LogP contribution in [-0.4, -0.2) is 66.5 Å². The highest BCUT2D eigenvalue weighted by Crippen LogP contribution is 2.45. The van der Waals surface area contributed by atoms with Crippen molar-refractivity contribution in [3.8, 4) is 0 Å². The topological polar surface area (TPSA) is 62.7 Å². The van der Waals surface area contributed by atoms with Crippen LogP contribution >= 0.6 is 0 Å². The molecule has 0 unspecified atom stereocenters. The van der Waals surface area contributed by atoms with E-state index in [2.05, 4.69) is 4.98 Å². The number of aromatic nitrogens is 1. The van der Waals surface area contributed by atoms with Gasteiger partial charge in [-0.25, -0.2) is 0 Å². The summed E-state index contributed by atoms with van der Waals surface area (Å²) in [7, 11) is 1.65. The quantitative estimate of drug-likeness (QED) is 0.834. The van der Waals surface area contributed by atoms with Crippen LogP contribution in [0.25, 0.3) is 0 Å². The number of amides is 2. The fourth-order valence-corrected chi connectivity index (χ4v) is 4.15. The highest BCUT2D eigenvalue weighted by atomic mass is 16.5. The Kier molecular flexibility index (Phi) is 5.08. The summed E-state index contributed by atoms with van der Waals surface area (Å²) < 4.78 is 5.33. The summed E-state index contributed by atoms with van der Waals surface area (Å²) in [6.07, 6.45) is 3.39.